The number of amides is 1. The van der Waals surface area contributed by atoms with Crippen LogP contribution in [0.3, 0.4) is 0 Å². The van der Waals surface area contributed by atoms with E-state index in [1.807, 2.05) is 115 Å². The molecular weight excluding hydrogens is 452 g/mol. The highest BCUT2D eigenvalue weighted by molar-refractivity contribution is 6.12. The lowest BCUT2D eigenvalue weighted by Gasteiger charge is -2.44. The minimum atomic E-state index is -1.33. The van der Waals surface area contributed by atoms with E-state index < -0.39 is 11.1 Å². The number of hydrogen-bond acceptors (Lipinski definition) is 2. The molecule has 37 heavy (non-hydrogen) atoms. The third-order valence-corrected chi connectivity index (χ3v) is 7.53. The Morgan fingerprint density at radius 1 is 0.595 bits per heavy atom. The van der Waals surface area contributed by atoms with Crippen LogP contribution in [0.2, 0.25) is 0 Å². The van der Waals surface area contributed by atoms with E-state index in [9.17, 15) is 4.79 Å². The van der Waals surface area contributed by atoms with Gasteiger partial charge >= 0.3 is 0 Å². The Kier molecular flexibility index (Phi) is 5.51. The molecule has 1 atom stereocenters. The van der Waals surface area contributed by atoms with Gasteiger partial charge < -0.3 is 5.73 Å². The van der Waals surface area contributed by atoms with Crippen LogP contribution >= 0.6 is 0 Å². The molecule has 1 unspecified atom stereocenters. The normalized spacial score (nSPS) is 17.0. The van der Waals surface area contributed by atoms with Crippen molar-refractivity contribution in [3.8, 4) is 0 Å². The maximum absolute atomic E-state index is 14.9. The van der Waals surface area contributed by atoms with Gasteiger partial charge in [0.2, 0.25) is 0 Å². The van der Waals surface area contributed by atoms with Crippen molar-refractivity contribution in [2.75, 3.05) is 4.90 Å². The van der Waals surface area contributed by atoms with E-state index in [1.54, 1.807) is 0 Å². The Hall–Kier alpha value is -4.47. The van der Waals surface area contributed by atoms with Gasteiger partial charge in [-0.25, -0.2) is 0 Å². The van der Waals surface area contributed by atoms with Gasteiger partial charge in [0.15, 0.2) is 0 Å². The molecule has 0 aliphatic carbocycles. The van der Waals surface area contributed by atoms with Crippen molar-refractivity contribution < 1.29 is 4.79 Å². The van der Waals surface area contributed by atoms with Gasteiger partial charge in [0.25, 0.3) is 5.91 Å². The summed E-state index contributed by atoms with van der Waals surface area (Å²) >= 11 is 0. The Morgan fingerprint density at radius 2 is 1.03 bits per heavy atom. The highest BCUT2D eigenvalue weighted by Gasteiger charge is 2.57. The number of benzene rings is 5. The molecule has 5 aromatic rings. The Bertz CT molecular complexity index is 1450. The SMILES string of the molecule is Cc1ccc(C2(N)C(=O)N(C(c3ccccc3)(c3ccccc3)c3ccccc3)c3ccccc32)cc1. The number of carbonyl (C=O) groups is 1. The fourth-order valence-electron chi connectivity index (χ4n) is 5.76. The van der Waals surface area contributed by atoms with Crippen LogP contribution in [0.1, 0.15) is 33.4 Å². The molecule has 0 saturated carbocycles. The van der Waals surface area contributed by atoms with Crippen LogP contribution in [0.25, 0.3) is 0 Å². The molecule has 0 saturated heterocycles. The number of anilines is 1. The van der Waals surface area contributed by atoms with Gasteiger partial charge in [-0.15, -0.1) is 0 Å². The molecule has 1 amide bonds. The quantitative estimate of drug-likeness (QED) is 0.291. The zero-order valence-corrected chi connectivity index (χ0v) is 20.7. The third kappa shape index (κ3) is 3.35. The molecule has 5 aromatic carbocycles. The van der Waals surface area contributed by atoms with Crippen molar-refractivity contribution in [2.45, 2.75) is 18.0 Å². The molecule has 6 rings (SSSR count). The van der Waals surface area contributed by atoms with Gasteiger partial charge in [-0.05, 0) is 35.2 Å². The number of para-hydroxylation sites is 1. The van der Waals surface area contributed by atoms with Crippen molar-refractivity contribution >= 4 is 11.6 Å². The molecule has 0 aromatic heterocycles. The average molecular weight is 481 g/mol. The summed E-state index contributed by atoms with van der Waals surface area (Å²) in [7, 11) is 0. The number of aryl methyl sites for hydroxylation is 1. The summed E-state index contributed by atoms with van der Waals surface area (Å²) in [5.74, 6) is -0.158. The Labute approximate surface area is 217 Å². The van der Waals surface area contributed by atoms with E-state index in [4.69, 9.17) is 5.73 Å². The minimum Gasteiger partial charge on any atom is -0.310 e. The van der Waals surface area contributed by atoms with Crippen LogP contribution in [0.15, 0.2) is 140 Å². The number of carbonyl (C=O) groups excluding carboxylic acids is 1. The van der Waals surface area contributed by atoms with Gasteiger partial charge in [0.1, 0.15) is 11.1 Å². The lowest BCUT2D eigenvalue weighted by atomic mass is 9.75. The summed E-state index contributed by atoms with van der Waals surface area (Å²) in [6.07, 6.45) is 0. The molecule has 2 N–H and O–H groups in total. The van der Waals surface area contributed by atoms with Gasteiger partial charge in [-0.3, -0.25) is 9.69 Å². The monoisotopic (exact) mass is 480 g/mol. The van der Waals surface area contributed by atoms with Crippen molar-refractivity contribution in [3.63, 3.8) is 0 Å². The van der Waals surface area contributed by atoms with E-state index in [0.29, 0.717) is 0 Å². The van der Waals surface area contributed by atoms with Crippen molar-refractivity contribution in [1.29, 1.82) is 0 Å². The predicted octanol–water partition coefficient (Wildman–Crippen LogP) is 6.54. The van der Waals surface area contributed by atoms with Crippen LogP contribution in [0.5, 0.6) is 0 Å². The number of fused-ring (bicyclic) bond motifs is 1. The van der Waals surface area contributed by atoms with E-state index >= 15 is 0 Å². The predicted molar refractivity (Wildman–Crippen MR) is 149 cm³/mol. The van der Waals surface area contributed by atoms with Gasteiger partial charge in [-0.1, -0.05) is 139 Å². The third-order valence-electron chi connectivity index (χ3n) is 7.53. The first-order valence-electron chi connectivity index (χ1n) is 12.5. The summed E-state index contributed by atoms with van der Waals surface area (Å²) in [6.45, 7) is 2.04. The molecule has 1 aliphatic heterocycles. The van der Waals surface area contributed by atoms with Crippen molar-refractivity contribution in [3.05, 3.63) is 173 Å². The molecular formula is C34H28N2O. The van der Waals surface area contributed by atoms with E-state index in [-0.39, 0.29) is 5.91 Å². The van der Waals surface area contributed by atoms with Gasteiger partial charge in [0.05, 0.1) is 5.69 Å². The van der Waals surface area contributed by atoms with E-state index in [1.165, 1.54) is 0 Å². The molecule has 0 radical (unpaired) electrons. The second-order valence-electron chi connectivity index (χ2n) is 9.64. The first kappa shape index (κ1) is 23.0. The fraction of sp³-hybridized carbons (Fsp3) is 0.0882. The summed E-state index contributed by atoms with van der Waals surface area (Å²) in [5, 5.41) is 0. The van der Waals surface area contributed by atoms with Crippen LogP contribution in [0.4, 0.5) is 5.69 Å². The van der Waals surface area contributed by atoms with Gasteiger partial charge in [0, 0.05) is 5.56 Å². The maximum atomic E-state index is 14.9. The summed E-state index contributed by atoms with van der Waals surface area (Å²) in [5.41, 5.74) is 11.4. The van der Waals surface area contributed by atoms with Crippen LogP contribution < -0.4 is 10.6 Å². The molecule has 1 aliphatic rings. The molecule has 0 spiro atoms. The highest BCUT2D eigenvalue weighted by Crippen LogP contribution is 2.53. The first-order chi connectivity index (χ1) is 18.1. The first-order valence-corrected chi connectivity index (χ1v) is 12.5. The highest BCUT2D eigenvalue weighted by atomic mass is 16.2. The van der Waals surface area contributed by atoms with Crippen molar-refractivity contribution in [2.24, 2.45) is 5.73 Å². The second kappa shape index (κ2) is 8.88. The Morgan fingerprint density at radius 3 is 1.51 bits per heavy atom. The zero-order chi connectivity index (χ0) is 25.5. The van der Waals surface area contributed by atoms with E-state index in [0.717, 1.165) is 39.1 Å². The summed E-state index contributed by atoms with van der Waals surface area (Å²) in [6, 6.07) is 46.7. The van der Waals surface area contributed by atoms with Crippen LogP contribution in [-0.2, 0) is 15.9 Å². The molecule has 1 heterocycles. The maximum Gasteiger partial charge on any atom is 0.257 e. The average Bonchev–Trinajstić information content (AvgIpc) is 3.19. The van der Waals surface area contributed by atoms with Crippen LogP contribution in [0, 0.1) is 6.92 Å². The second-order valence-corrected chi connectivity index (χ2v) is 9.64. The standard InChI is InChI=1S/C34H28N2O/c1-25-21-23-26(24-22-25)33(35)30-19-11-12-20-31(30)36(32(33)37)34(27-13-5-2-6-14-27,28-15-7-3-8-16-28)29-17-9-4-10-18-29/h2-24H,35H2,1H3. The topological polar surface area (TPSA) is 46.3 Å². The lowest BCUT2D eigenvalue weighted by Crippen LogP contribution is -2.56. The Balaban J connectivity index is 1.73. The van der Waals surface area contributed by atoms with Gasteiger partial charge in [-0.2, -0.15) is 0 Å². The molecule has 3 heteroatoms. The van der Waals surface area contributed by atoms with E-state index in [2.05, 4.69) is 36.4 Å². The summed E-state index contributed by atoms with van der Waals surface area (Å²) < 4.78 is 0. The van der Waals surface area contributed by atoms with Crippen molar-refractivity contribution in [1.82, 2.24) is 0 Å². The molecule has 0 fully saturated rings. The smallest absolute Gasteiger partial charge is 0.257 e. The van der Waals surface area contributed by atoms with Crippen LogP contribution in [-0.4, -0.2) is 5.91 Å². The summed E-state index contributed by atoms with van der Waals surface area (Å²) in [4.78, 5) is 16.9. The fourth-order valence-corrected chi connectivity index (χ4v) is 5.76. The number of hydrogen-bond donors (Lipinski definition) is 1. The minimum absolute atomic E-state index is 0.158. The largest absolute Gasteiger partial charge is 0.310 e. The molecule has 180 valence electrons. The number of rotatable bonds is 5. The number of nitrogens with two attached hydrogens (primary N) is 1. The molecule has 3 nitrogen and oxygen atoms in total. The molecule has 0 bridgehead atoms. The zero-order valence-electron chi connectivity index (χ0n) is 20.7. The lowest BCUT2D eigenvalue weighted by molar-refractivity contribution is -0.122. The number of nitrogens with zero attached hydrogens (tertiary/aromatic N) is 1.